The summed E-state index contributed by atoms with van der Waals surface area (Å²) in [7, 11) is 1.63. The molecule has 18 heavy (non-hydrogen) atoms. The Morgan fingerprint density at radius 1 is 1.22 bits per heavy atom. The highest BCUT2D eigenvalue weighted by Gasteiger charge is 2.09. The van der Waals surface area contributed by atoms with Gasteiger partial charge in [0.05, 0.1) is 12.3 Å². The van der Waals surface area contributed by atoms with Crippen molar-refractivity contribution in [2.45, 2.75) is 20.5 Å². The van der Waals surface area contributed by atoms with Crippen LogP contribution in [0.4, 0.5) is 0 Å². The van der Waals surface area contributed by atoms with Crippen LogP contribution in [0.3, 0.4) is 0 Å². The molecule has 94 valence electrons. The molecule has 0 aliphatic carbocycles. The van der Waals surface area contributed by atoms with Crippen LogP contribution >= 0.6 is 11.6 Å². The lowest BCUT2D eigenvalue weighted by molar-refractivity contribution is 0.181. The maximum absolute atomic E-state index is 6.02. The molecule has 4 heteroatoms. The van der Waals surface area contributed by atoms with Crippen LogP contribution in [0.5, 0.6) is 0 Å². The van der Waals surface area contributed by atoms with Crippen molar-refractivity contribution in [3.05, 3.63) is 46.2 Å². The molecule has 3 nitrogen and oxygen atoms in total. The Balaban J connectivity index is 2.53. The molecule has 0 saturated heterocycles. The van der Waals surface area contributed by atoms with Crippen molar-refractivity contribution in [1.82, 2.24) is 9.97 Å². The van der Waals surface area contributed by atoms with E-state index < -0.39 is 0 Å². The van der Waals surface area contributed by atoms with Gasteiger partial charge in [-0.15, -0.1) is 0 Å². The van der Waals surface area contributed by atoms with E-state index in [9.17, 15) is 0 Å². The van der Waals surface area contributed by atoms with Gasteiger partial charge in [-0.05, 0) is 31.0 Å². The molecule has 0 aliphatic rings. The van der Waals surface area contributed by atoms with Crippen molar-refractivity contribution < 1.29 is 4.74 Å². The Kier molecular flexibility index (Phi) is 3.94. The highest BCUT2D eigenvalue weighted by molar-refractivity contribution is 6.29. The first-order valence-electron chi connectivity index (χ1n) is 5.71. The molecule has 0 radical (unpaired) electrons. The van der Waals surface area contributed by atoms with Gasteiger partial charge in [0.1, 0.15) is 5.15 Å². The summed E-state index contributed by atoms with van der Waals surface area (Å²) < 4.78 is 5.08. The third kappa shape index (κ3) is 2.68. The van der Waals surface area contributed by atoms with E-state index in [0.29, 0.717) is 17.6 Å². The fourth-order valence-electron chi connectivity index (χ4n) is 1.80. The third-order valence-electron chi connectivity index (χ3n) is 2.89. The number of benzene rings is 1. The summed E-state index contributed by atoms with van der Waals surface area (Å²) in [6.45, 7) is 4.56. The lowest BCUT2D eigenvalue weighted by atomic mass is 10.0. The molecule has 1 aromatic carbocycles. The Morgan fingerprint density at radius 3 is 2.72 bits per heavy atom. The first-order chi connectivity index (χ1) is 8.61. The molecule has 2 rings (SSSR count). The number of ether oxygens (including phenoxy) is 1. The molecule has 0 bridgehead atoms. The standard InChI is InChI=1S/C14H15ClN2O/c1-9-5-4-6-12(10(9)2)14-16-11(8-18-3)7-13(15)17-14/h4-7H,8H2,1-3H3. The predicted molar refractivity (Wildman–Crippen MR) is 72.7 cm³/mol. The zero-order valence-corrected chi connectivity index (χ0v) is 11.5. The Hall–Kier alpha value is -1.45. The first kappa shape index (κ1) is 13.0. The van der Waals surface area contributed by atoms with Gasteiger partial charge >= 0.3 is 0 Å². The van der Waals surface area contributed by atoms with E-state index in [1.165, 1.54) is 11.1 Å². The van der Waals surface area contributed by atoms with Gasteiger partial charge in [-0.25, -0.2) is 9.97 Å². The quantitative estimate of drug-likeness (QED) is 0.794. The fraction of sp³-hybridized carbons (Fsp3) is 0.286. The van der Waals surface area contributed by atoms with Gasteiger partial charge in [0, 0.05) is 12.7 Å². The zero-order chi connectivity index (χ0) is 13.1. The molecular weight excluding hydrogens is 248 g/mol. The number of halogens is 1. The molecule has 0 fully saturated rings. The topological polar surface area (TPSA) is 35.0 Å². The number of aromatic nitrogens is 2. The van der Waals surface area contributed by atoms with E-state index in [-0.39, 0.29) is 0 Å². The van der Waals surface area contributed by atoms with Crippen molar-refractivity contribution in [2.24, 2.45) is 0 Å². The average Bonchev–Trinajstić information content (AvgIpc) is 2.32. The predicted octanol–water partition coefficient (Wildman–Crippen LogP) is 3.56. The van der Waals surface area contributed by atoms with E-state index in [1.54, 1.807) is 13.2 Å². The van der Waals surface area contributed by atoms with E-state index >= 15 is 0 Å². The molecular formula is C14H15ClN2O. The third-order valence-corrected chi connectivity index (χ3v) is 3.08. The Bertz CT molecular complexity index is 570. The van der Waals surface area contributed by atoms with Crippen LogP contribution in [-0.2, 0) is 11.3 Å². The molecule has 0 atom stereocenters. The van der Waals surface area contributed by atoms with Crippen LogP contribution in [0.25, 0.3) is 11.4 Å². The number of aryl methyl sites for hydroxylation is 1. The molecule has 0 aliphatic heterocycles. The highest BCUT2D eigenvalue weighted by atomic mass is 35.5. The largest absolute Gasteiger partial charge is 0.378 e. The second kappa shape index (κ2) is 5.46. The number of nitrogens with zero attached hydrogens (tertiary/aromatic N) is 2. The minimum absolute atomic E-state index is 0.431. The van der Waals surface area contributed by atoms with E-state index in [2.05, 4.69) is 29.9 Å². The SMILES string of the molecule is COCc1cc(Cl)nc(-c2cccc(C)c2C)n1. The molecule has 0 spiro atoms. The van der Waals surface area contributed by atoms with Gasteiger partial charge in [-0.1, -0.05) is 29.8 Å². The van der Waals surface area contributed by atoms with Gasteiger partial charge < -0.3 is 4.74 Å². The Morgan fingerprint density at radius 2 is 2.00 bits per heavy atom. The zero-order valence-electron chi connectivity index (χ0n) is 10.7. The van der Waals surface area contributed by atoms with Gasteiger partial charge in [0.2, 0.25) is 0 Å². The molecule has 1 aromatic heterocycles. The van der Waals surface area contributed by atoms with Gasteiger partial charge in [-0.2, -0.15) is 0 Å². The van der Waals surface area contributed by atoms with Crippen molar-refractivity contribution in [1.29, 1.82) is 0 Å². The van der Waals surface area contributed by atoms with E-state index in [0.717, 1.165) is 11.3 Å². The molecule has 2 aromatic rings. The minimum atomic E-state index is 0.431. The van der Waals surface area contributed by atoms with Crippen molar-refractivity contribution in [3.8, 4) is 11.4 Å². The van der Waals surface area contributed by atoms with E-state index in [1.807, 2.05) is 12.1 Å². The van der Waals surface area contributed by atoms with Crippen LogP contribution in [0.1, 0.15) is 16.8 Å². The summed E-state index contributed by atoms with van der Waals surface area (Å²) in [5.74, 6) is 0.649. The summed E-state index contributed by atoms with van der Waals surface area (Å²) in [4.78, 5) is 8.76. The number of rotatable bonds is 3. The first-order valence-corrected chi connectivity index (χ1v) is 6.08. The smallest absolute Gasteiger partial charge is 0.161 e. The van der Waals surface area contributed by atoms with Crippen molar-refractivity contribution >= 4 is 11.6 Å². The lowest BCUT2D eigenvalue weighted by Gasteiger charge is -2.09. The average molecular weight is 263 g/mol. The normalized spacial score (nSPS) is 10.7. The van der Waals surface area contributed by atoms with E-state index in [4.69, 9.17) is 16.3 Å². The highest BCUT2D eigenvalue weighted by Crippen LogP contribution is 2.24. The molecule has 0 saturated carbocycles. The lowest BCUT2D eigenvalue weighted by Crippen LogP contribution is -1.99. The summed E-state index contributed by atoms with van der Waals surface area (Å²) in [5.41, 5.74) is 4.18. The molecule has 0 amide bonds. The van der Waals surface area contributed by atoms with Crippen LogP contribution in [0, 0.1) is 13.8 Å². The summed E-state index contributed by atoms with van der Waals surface area (Å²) >= 11 is 6.02. The van der Waals surface area contributed by atoms with Gasteiger partial charge in [0.15, 0.2) is 5.82 Å². The van der Waals surface area contributed by atoms with Crippen molar-refractivity contribution in [3.63, 3.8) is 0 Å². The van der Waals surface area contributed by atoms with Crippen LogP contribution in [0.15, 0.2) is 24.3 Å². The monoisotopic (exact) mass is 262 g/mol. The second-order valence-corrected chi connectivity index (χ2v) is 4.57. The minimum Gasteiger partial charge on any atom is -0.378 e. The van der Waals surface area contributed by atoms with Crippen LogP contribution in [-0.4, -0.2) is 17.1 Å². The summed E-state index contributed by atoms with van der Waals surface area (Å²) in [6, 6.07) is 7.79. The molecule has 1 heterocycles. The Labute approximate surface area is 112 Å². The van der Waals surface area contributed by atoms with Gasteiger partial charge in [-0.3, -0.25) is 0 Å². The second-order valence-electron chi connectivity index (χ2n) is 4.19. The van der Waals surface area contributed by atoms with Crippen molar-refractivity contribution in [2.75, 3.05) is 7.11 Å². The summed E-state index contributed by atoms with van der Waals surface area (Å²) in [5, 5.41) is 0.438. The van der Waals surface area contributed by atoms with Crippen LogP contribution < -0.4 is 0 Å². The van der Waals surface area contributed by atoms with Crippen LogP contribution in [0.2, 0.25) is 5.15 Å². The number of hydrogen-bond donors (Lipinski definition) is 0. The molecule has 0 N–H and O–H groups in total. The fourth-order valence-corrected chi connectivity index (χ4v) is 2.01. The summed E-state index contributed by atoms with van der Waals surface area (Å²) in [6.07, 6.45) is 0. The number of methoxy groups -OCH3 is 1. The molecule has 0 unspecified atom stereocenters. The maximum Gasteiger partial charge on any atom is 0.161 e. The number of hydrogen-bond acceptors (Lipinski definition) is 3. The van der Waals surface area contributed by atoms with Gasteiger partial charge in [0.25, 0.3) is 0 Å². The maximum atomic E-state index is 6.02.